The monoisotopic (exact) mass is 301 g/mol. The summed E-state index contributed by atoms with van der Waals surface area (Å²) in [4.78, 5) is 23.6. The van der Waals surface area contributed by atoms with Crippen molar-refractivity contribution in [1.82, 2.24) is 5.32 Å². The van der Waals surface area contributed by atoms with Crippen LogP contribution in [0.4, 0.5) is 0 Å². The molecule has 0 aromatic carbocycles. The van der Waals surface area contributed by atoms with Crippen LogP contribution in [0, 0.1) is 5.92 Å². The first kappa shape index (κ1) is 17.9. The summed E-state index contributed by atoms with van der Waals surface area (Å²) in [5, 5.41) is 2.73. The molecule has 0 aliphatic carbocycles. The number of nitrogens with one attached hydrogen (secondary N) is 1. The lowest BCUT2D eigenvalue weighted by Gasteiger charge is -2.18. The number of esters is 1. The molecule has 1 heterocycles. The topological polar surface area (TPSA) is 73.9 Å². The van der Waals surface area contributed by atoms with Crippen LogP contribution < -0.4 is 5.32 Å². The normalized spacial score (nSPS) is 21.1. The van der Waals surface area contributed by atoms with E-state index in [2.05, 4.69) is 5.32 Å². The Kier molecular flexibility index (Phi) is 7.67. The van der Waals surface area contributed by atoms with Gasteiger partial charge in [0.15, 0.2) is 12.2 Å². The number of rotatable bonds is 8. The molecule has 1 saturated heterocycles. The maximum atomic E-state index is 11.8. The van der Waals surface area contributed by atoms with E-state index in [1.807, 2.05) is 13.8 Å². The molecule has 21 heavy (non-hydrogen) atoms. The van der Waals surface area contributed by atoms with Crippen LogP contribution in [0.25, 0.3) is 0 Å². The second-order valence-electron chi connectivity index (χ2n) is 5.83. The summed E-state index contributed by atoms with van der Waals surface area (Å²) in [6.07, 6.45) is 0.530. The minimum absolute atomic E-state index is 0.0620. The Morgan fingerprint density at radius 3 is 2.52 bits per heavy atom. The van der Waals surface area contributed by atoms with Gasteiger partial charge in [-0.1, -0.05) is 13.8 Å². The van der Waals surface area contributed by atoms with Gasteiger partial charge in [0.2, 0.25) is 0 Å². The molecule has 0 aromatic heterocycles. The predicted molar refractivity (Wildman–Crippen MR) is 77.8 cm³/mol. The van der Waals surface area contributed by atoms with Gasteiger partial charge in [-0.2, -0.15) is 0 Å². The molecular formula is C15H27NO5. The second-order valence-corrected chi connectivity index (χ2v) is 5.83. The average molecular weight is 301 g/mol. The molecule has 0 aromatic rings. The zero-order valence-electron chi connectivity index (χ0n) is 13.4. The van der Waals surface area contributed by atoms with Crippen LogP contribution in [0.3, 0.4) is 0 Å². The molecule has 0 spiro atoms. The lowest BCUT2D eigenvalue weighted by atomic mass is 10.2. The molecule has 1 rings (SSSR count). The van der Waals surface area contributed by atoms with E-state index < -0.39 is 18.2 Å². The van der Waals surface area contributed by atoms with Gasteiger partial charge in [0.1, 0.15) is 0 Å². The lowest BCUT2D eigenvalue weighted by Crippen LogP contribution is -2.39. The van der Waals surface area contributed by atoms with Crippen molar-refractivity contribution >= 4 is 11.9 Å². The summed E-state index contributed by atoms with van der Waals surface area (Å²) in [6, 6.07) is 0. The maximum Gasteiger partial charge on any atom is 0.335 e. The van der Waals surface area contributed by atoms with Gasteiger partial charge in [0, 0.05) is 13.2 Å². The molecule has 6 heteroatoms. The molecule has 1 aliphatic heterocycles. The van der Waals surface area contributed by atoms with E-state index >= 15 is 0 Å². The van der Waals surface area contributed by atoms with Crippen molar-refractivity contribution < 1.29 is 23.8 Å². The molecule has 6 nitrogen and oxygen atoms in total. The van der Waals surface area contributed by atoms with Gasteiger partial charge in [0.25, 0.3) is 5.91 Å². The summed E-state index contributed by atoms with van der Waals surface area (Å²) in [7, 11) is 0. The first-order valence-corrected chi connectivity index (χ1v) is 7.61. The van der Waals surface area contributed by atoms with E-state index in [1.54, 1.807) is 13.8 Å². The Hall–Kier alpha value is -1.14. The standard InChI is InChI=1S/C15H27NO5/c1-10(2)8-16-14(17)11(3)21-15(18)12(4)20-9-13-6-5-7-19-13/h10-13H,5-9H2,1-4H3,(H,16,17). The molecule has 0 radical (unpaired) electrons. The van der Waals surface area contributed by atoms with Crippen LogP contribution in [-0.2, 0) is 23.8 Å². The minimum Gasteiger partial charge on any atom is -0.451 e. The van der Waals surface area contributed by atoms with Crippen LogP contribution in [0.1, 0.15) is 40.5 Å². The summed E-state index contributed by atoms with van der Waals surface area (Å²) in [5.74, 6) is -0.464. The molecule has 3 unspecified atom stereocenters. The Bertz CT molecular complexity index is 339. The predicted octanol–water partition coefficient (Wildman–Crippen LogP) is 1.27. The zero-order chi connectivity index (χ0) is 15.8. The van der Waals surface area contributed by atoms with Crippen molar-refractivity contribution in [3.8, 4) is 0 Å². The highest BCUT2D eigenvalue weighted by Gasteiger charge is 2.24. The van der Waals surface area contributed by atoms with Crippen LogP contribution in [-0.4, -0.2) is 49.9 Å². The first-order valence-electron chi connectivity index (χ1n) is 7.61. The highest BCUT2D eigenvalue weighted by molar-refractivity contribution is 5.84. The van der Waals surface area contributed by atoms with E-state index in [0.717, 1.165) is 19.4 Å². The molecule has 1 aliphatic rings. The SMILES string of the molecule is CC(C)CNC(=O)C(C)OC(=O)C(C)OCC1CCCO1. The third kappa shape index (κ3) is 6.91. The summed E-state index contributed by atoms with van der Waals surface area (Å²) in [6.45, 7) is 8.86. The van der Waals surface area contributed by atoms with Gasteiger partial charge in [-0.15, -0.1) is 0 Å². The van der Waals surface area contributed by atoms with E-state index in [-0.39, 0.29) is 12.0 Å². The van der Waals surface area contributed by atoms with Crippen LogP contribution in [0.2, 0.25) is 0 Å². The van der Waals surface area contributed by atoms with Crippen molar-refractivity contribution in [2.45, 2.75) is 58.8 Å². The fourth-order valence-electron chi connectivity index (χ4n) is 1.87. The van der Waals surface area contributed by atoms with Crippen molar-refractivity contribution in [3.05, 3.63) is 0 Å². The van der Waals surface area contributed by atoms with E-state index in [0.29, 0.717) is 19.1 Å². The molecule has 1 fully saturated rings. The van der Waals surface area contributed by atoms with Crippen molar-refractivity contribution in [2.24, 2.45) is 5.92 Å². The second kappa shape index (κ2) is 9.00. The third-order valence-corrected chi connectivity index (χ3v) is 3.23. The summed E-state index contributed by atoms with van der Waals surface area (Å²) >= 11 is 0. The van der Waals surface area contributed by atoms with E-state index in [4.69, 9.17) is 14.2 Å². The fourth-order valence-corrected chi connectivity index (χ4v) is 1.87. The molecule has 3 atom stereocenters. The number of hydrogen-bond donors (Lipinski definition) is 1. The molecule has 1 amide bonds. The Morgan fingerprint density at radius 2 is 1.95 bits per heavy atom. The van der Waals surface area contributed by atoms with Crippen molar-refractivity contribution in [2.75, 3.05) is 19.8 Å². The minimum atomic E-state index is -0.815. The first-order chi connectivity index (χ1) is 9.90. The Morgan fingerprint density at radius 1 is 1.24 bits per heavy atom. The Labute approximate surface area is 126 Å². The van der Waals surface area contributed by atoms with Crippen LogP contribution in [0.15, 0.2) is 0 Å². The number of carbonyl (C=O) groups is 2. The summed E-state index contributed by atoms with van der Waals surface area (Å²) < 4.78 is 16.0. The number of ether oxygens (including phenoxy) is 3. The van der Waals surface area contributed by atoms with Crippen molar-refractivity contribution in [1.29, 1.82) is 0 Å². The van der Waals surface area contributed by atoms with Crippen LogP contribution in [0.5, 0.6) is 0 Å². The highest BCUT2D eigenvalue weighted by atomic mass is 16.6. The molecule has 0 saturated carbocycles. The smallest absolute Gasteiger partial charge is 0.335 e. The van der Waals surface area contributed by atoms with Crippen LogP contribution >= 0.6 is 0 Å². The number of amides is 1. The quantitative estimate of drug-likeness (QED) is 0.684. The summed E-state index contributed by atoms with van der Waals surface area (Å²) in [5.41, 5.74) is 0. The number of hydrogen-bond acceptors (Lipinski definition) is 5. The van der Waals surface area contributed by atoms with E-state index in [9.17, 15) is 9.59 Å². The van der Waals surface area contributed by atoms with Crippen molar-refractivity contribution in [3.63, 3.8) is 0 Å². The molecule has 0 bridgehead atoms. The number of carbonyl (C=O) groups excluding carboxylic acids is 2. The Balaban J connectivity index is 2.24. The van der Waals surface area contributed by atoms with Gasteiger partial charge >= 0.3 is 5.97 Å². The zero-order valence-corrected chi connectivity index (χ0v) is 13.4. The molecular weight excluding hydrogens is 274 g/mol. The average Bonchev–Trinajstić information content (AvgIpc) is 2.94. The van der Waals surface area contributed by atoms with E-state index in [1.165, 1.54) is 0 Å². The van der Waals surface area contributed by atoms with Gasteiger partial charge in [-0.25, -0.2) is 4.79 Å². The largest absolute Gasteiger partial charge is 0.451 e. The lowest BCUT2D eigenvalue weighted by molar-refractivity contribution is -0.166. The van der Waals surface area contributed by atoms with Gasteiger partial charge in [-0.3, -0.25) is 4.79 Å². The highest BCUT2D eigenvalue weighted by Crippen LogP contribution is 2.13. The van der Waals surface area contributed by atoms with Gasteiger partial charge < -0.3 is 19.5 Å². The molecule has 1 N–H and O–H groups in total. The third-order valence-electron chi connectivity index (χ3n) is 3.23. The van der Waals surface area contributed by atoms with Gasteiger partial charge in [0.05, 0.1) is 12.7 Å². The van der Waals surface area contributed by atoms with Gasteiger partial charge in [-0.05, 0) is 32.6 Å². The molecule has 122 valence electrons. The fraction of sp³-hybridized carbons (Fsp3) is 0.867. The maximum absolute atomic E-state index is 11.8.